The number of aromatic nitrogens is 3. The number of para-hydroxylation sites is 1. The van der Waals surface area contributed by atoms with Crippen molar-refractivity contribution >= 4 is 24.4 Å². The second-order valence-electron chi connectivity index (χ2n) is 8.28. The molecule has 0 fully saturated rings. The standard InChI is InChI=1S/C25H27BN4O3S/c31-25(27-24(26(32)33)15-20-13-14-34-18-20)21(12-11-19-7-3-1-4-8-19)16-22-17-30(29-28-22)23-9-5-2-6-10-23/h1-10,13-14,17-18,21,24,32-33H,11-12,15-16H2,(H,27,31)/t21-,24-/m0/s1. The number of amides is 1. The lowest BCUT2D eigenvalue weighted by atomic mass is 9.76. The molecule has 1 amide bonds. The van der Waals surface area contributed by atoms with E-state index in [1.165, 1.54) is 11.3 Å². The summed E-state index contributed by atoms with van der Waals surface area (Å²) in [6.45, 7) is 0. The molecule has 4 aromatic rings. The summed E-state index contributed by atoms with van der Waals surface area (Å²) in [5, 5.41) is 35.0. The molecule has 0 saturated heterocycles. The van der Waals surface area contributed by atoms with Gasteiger partial charge in [0.05, 0.1) is 23.5 Å². The summed E-state index contributed by atoms with van der Waals surface area (Å²) in [4.78, 5) is 13.3. The Morgan fingerprint density at radius 1 is 1.00 bits per heavy atom. The smallest absolute Gasteiger partial charge is 0.426 e. The predicted octanol–water partition coefficient (Wildman–Crippen LogP) is 2.86. The third kappa shape index (κ3) is 6.63. The van der Waals surface area contributed by atoms with Gasteiger partial charge in [0.25, 0.3) is 0 Å². The average Bonchev–Trinajstić information content (AvgIpc) is 3.55. The number of aryl methyl sites for hydroxylation is 1. The molecule has 0 unspecified atom stereocenters. The van der Waals surface area contributed by atoms with Gasteiger partial charge in [0.2, 0.25) is 5.91 Å². The second kappa shape index (κ2) is 11.7. The number of carbonyl (C=O) groups excluding carboxylic acids is 1. The van der Waals surface area contributed by atoms with E-state index in [9.17, 15) is 14.8 Å². The molecule has 0 saturated carbocycles. The van der Waals surface area contributed by atoms with Crippen LogP contribution in [0.15, 0.2) is 83.7 Å². The van der Waals surface area contributed by atoms with Crippen LogP contribution in [0.5, 0.6) is 0 Å². The molecular weight excluding hydrogens is 447 g/mol. The number of hydrogen-bond acceptors (Lipinski definition) is 6. The normalized spacial score (nSPS) is 12.8. The lowest BCUT2D eigenvalue weighted by molar-refractivity contribution is -0.125. The molecule has 2 heterocycles. The van der Waals surface area contributed by atoms with Crippen molar-refractivity contribution in [3.05, 3.63) is 101 Å². The number of rotatable bonds is 11. The third-order valence-electron chi connectivity index (χ3n) is 5.74. The van der Waals surface area contributed by atoms with Crippen molar-refractivity contribution in [3.63, 3.8) is 0 Å². The Morgan fingerprint density at radius 3 is 2.41 bits per heavy atom. The Hall–Kier alpha value is -3.27. The molecule has 174 valence electrons. The highest BCUT2D eigenvalue weighted by molar-refractivity contribution is 7.07. The van der Waals surface area contributed by atoms with Gasteiger partial charge >= 0.3 is 7.12 Å². The van der Waals surface area contributed by atoms with Gasteiger partial charge in [-0.1, -0.05) is 53.7 Å². The highest BCUT2D eigenvalue weighted by Gasteiger charge is 2.29. The Bertz CT molecular complexity index is 1150. The Kier molecular flexibility index (Phi) is 8.24. The predicted molar refractivity (Wildman–Crippen MR) is 133 cm³/mol. The zero-order valence-electron chi connectivity index (χ0n) is 18.7. The van der Waals surface area contributed by atoms with E-state index in [1.807, 2.05) is 83.7 Å². The molecule has 3 N–H and O–H groups in total. The maximum absolute atomic E-state index is 13.3. The van der Waals surface area contributed by atoms with Crippen LogP contribution in [0.4, 0.5) is 0 Å². The maximum atomic E-state index is 13.3. The maximum Gasteiger partial charge on any atom is 0.475 e. The highest BCUT2D eigenvalue weighted by atomic mass is 32.1. The summed E-state index contributed by atoms with van der Waals surface area (Å²) in [7, 11) is -1.66. The fraction of sp³-hybridized carbons (Fsp3) is 0.240. The van der Waals surface area contributed by atoms with Crippen molar-refractivity contribution in [2.24, 2.45) is 5.92 Å². The van der Waals surface area contributed by atoms with Gasteiger partial charge in [-0.05, 0) is 59.3 Å². The molecular formula is C25H27BN4O3S. The minimum Gasteiger partial charge on any atom is -0.426 e. The van der Waals surface area contributed by atoms with Crippen LogP contribution in [0.2, 0.25) is 0 Å². The van der Waals surface area contributed by atoms with Crippen molar-refractivity contribution in [1.29, 1.82) is 0 Å². The molecule has 0 radical (unpaired) electrons. The Labute approximate surface area is 203 Å². The monoisotopic (exact) mass is 474 g/mol. The topological polar surface area (TPSA) is 100 Å². The van der Waals surface area contributed by atoms with Crippen LogP contribution in [-0.4, -0.2) is 44.0 Å². The summed E-state index contributed by atoms with van der Waals surface area (Å²) in [5.74, 6) is -1.41. The largest absolute Gasteiger partial charge is 0.475 e. The van der Waals surface area contributed by atoms with Gasteiger partial charge in [-0.3, -0.25) is 4.79 Å². The lowest BCUT2D eigenvalue weighted by Crippen LogP contribution is -2.50. The van der Waals surface area contributed by atoms with E-state index in [0.29, 0.717) is 25.0 Å². The van der Waals surface area contributed by atoms with E-state index in [2.05, 4.69) is 15.6 Å². The highest BCUT2D eigenvalue weighted by Crippen LogP contribution is 2.17. The first kappa shape index (κ1) is 23.9. The molecule has 2 atom stereocenters. The zero-order chi connectivity index (χ0) is 23.8. The first-order valence-electron chi connectivity index (χ1n) is 11.3. The summed E-state index contributed by atoms with van der Waals surface area (Å²) in [5.41, 5.74) is 3.70. The molecule has 0 aliphatic heterocycles. The average molecular weight is 474 g/mol. The van der Waals surface area contributed by atoms with Gasteiger partial charge < -0.3 is 15.4 Å². The summed E-state index contributed by atoms with van der Waals surface area (Å²) in [6, 6.07) is 21.6. The first-order chi connectivity index (χ1) is 16.6. The van der Waals surface area contributed by atoms with Crippen molar-refractivity contribution in [2.45, 2.75) is 31.6 Å². The minimum atomic E-state index is -1.66. The number of thiophene rings is 1. The molecule has 2 aromatic heterocycles. The molecule has 4 rings (SSSR count). The molecule has 0 bridgehead atoms. The fourth-order valence-corrected chi connectivity index (χ4v) is 4.54. The molecule has 0 aliphatic rings. The van der Waals surface area contributed by atoms with Gasteiger partial charge in [-0.15, -0.1) is 5.10 Å². The van der Waals surface area contributed by atoms with Crippen LogP contribution in [0, 0.1) is 5.92 Å². The van der Waals surface area contributed by atoms with Crippen LogP contribution in [0.25, 0.3) is 5.69 Å². The lowest BCUT2D eigenvalue weighted by Gasteiger charge is -2.22. The molecule has 2 aromatic carbocycles. The van der Waals surface area contributed by atoms with E-state index < -0.39 is 19.0 Å². The number of carbonyl (C=O) groups is 1. The zero-order valence-corrected chi connectivity index (χ0v) is 19.5. The number of benzene rings is 2. The molecule has 0 aliphatic carbocycles. The van der Waals surface area contributed by atoms with Gasteiger partial charge in [0.15, 0.2) is 0 Å². The fourth-order valence-electron chi connectivity index (χ4n) is 3.86. The quantitative estimate of drug-likeness (QED) is 0.291. The number of nitrogens with zero attached hydrogens (tertiary/aromatic N) is 3. The molecule has 34 heavy (non-hydrogen) atoms. The number of nitrogens with one attached hydrogen (secondary N) is 1. The molecule has 0 spiro atoms. The van der Waals surface area contributed by atoms with Crippen molar-refractivity contribution in [1.82, 2.24) is 20.3 Å². The van der Waals surface area contributed by atoms with Crippen LogP contribution < -0.4 is 5.32 Å². The summed E-state index contributed by atoms with van der Waals surface area (Å²) >= 11 is 1.53. The number of hydrogen-bond donors (Lipinski definition) is 3. The van der Waals surface area contributed by atoms with Crippen molar-refractivity contribution in [3.8, 4) is 5.69 Å². The van der Waals surface area contributed by atoms with Crippen LogP contribution in [0.1, 0.15) is 23.2 Å². The Morgan fingerprint density at radius 2 is 1.74 bits per heavy atom. The van der Waals surface area contributed by atoms with Crippen LogP contribution in [0.3, 0.4) is 0 Å². The van der Waals surface area contributed by atoms with E-state index >= 15 is 0 Å². The van der Waals surface area contributed by atoms with Crippen LogP contribution in [-0.2, 0) is 24.1 Å². The van der Waals surface area contributed by atoms with Gasteiger partial charge in [-0.2, -0.15) is 11.3 Å². The van der Waals surface area contributed by atoms with Crippen molar-refractivity contribution < 1.29 is 14.8 Å². The Balaban J connectivity index is 1.48. The SMILES string of the molecule is O=C(N[C@@H](Cc1ccsc1)B(O)O)[C@@H](CCc1ccccc1)Cc1cn(-c2ccccc2)nn1. The third-order valence-corrected chi connectivity index (χ3v) is 6.47. The molecule has 9 heteroatoms. The van der Waals surface area contributed by atoms with Crippen LogP contribution >= 0.6 is 11.3 Å². The summed E-state index contributed by atoms with van der Waals surface area (Å²) < 4.78 is 1.69. The first-order valence-corrected chi connectivity index (χ1v) is 12.2. The van der Waals surface area contributed by atoms with Crippen molar-refractivity contribution in [2.75, 3.05) is 0 Å². The van der Waals surface area contributed by atoms with Gasteiger partial charge in [-0.25, -0.2) is 4.68 Å². The van der Waals surface area contributed by atoms with Gasteiger partial charge in [0, 0.05) is 12.3 Å². The van der Waals surface area contributed by atoms with E-state index in [4.69, 9.17) is 0 Å². The minimum absolute atomic E-state index is 0.224. The summed E-state index contributed by atoms with van der Waals surface area (Å²) in [6.07, 6.45) is 3.91. The second-order valence-corrected chi connectivity index (χ2v) is 9.06. The van der Waals surface area contributed by atoms with E-state index in [-0.39, 0.29) is 5.91 Å². The van der Waals surface area contributed by atoms with E-state index in [0.717, 1.165) is 23.2 Å². The van der Waals surface area contributed by atoms with E-state index in [1.54, 1.807) is 4.68 Å². The van der Waals surface area contributed by atoms with Gasteiger partial charge in [0.1, 0.15) is 0 Å². The molecule has 7 nitrogen and oxygen atoms in total.